The monoisotopic (exact) mass is 508 g/mol. The molecular weight excluding hydrogens is 464 g/mol. The highest BCUT2D eigenvalue weighted by atomic mass is 16.3. The van der Waals surface area contributed by atoms with E-state index in [9.17, 15) is 15.0 Å². The molecule has 2 atom stereocenters. The maximum atomic E-state index is 13.5. The first-order valence-corrected chi connectivity index (χ1v) is 14.2. The molecular formula is C30H44N4O3. The Morgan fingerprint density at radius 2 is 1.70 bits per heavy atom. The van der Waals surface area contributed by atoms with Crippen LogP contribution in [0, 0.1) is 5.92 Å². The number of hydrogen-bond donors (Lipinski definition) is 4. The molecule has 1 heterocycles. The number of pyridine rings is 1. The Kier molecular flexibility index (Phi) is 10.2. The Hall–Kier alpha value is -2.64. The van der Waals surface area contributed by atoms with Gasteiger partial charge in [-0.05, 0) is 61.8 Å². The topological polar surface area (TPSA) is 112 Å². The van der Waals surface area contributed by atoms with Gasteiger partial charge in [-0.3, -0.25) is 9.78 Å². The third kappa shape index (κ3) is 7.45. The average Bonchev–Trinajstić information content (AvgIpc) is 2.93. The van der Waals surface area contributed by atoms with E-state index in [4.69, 9.17) is 5.73 Å². The van der Waals surface area contributed by atoms with Crippen LogP contribution in [0.25, 0.3) is 0 Å². The highest BCUT2D eigenvalue weighted by Crippen LogP contribution is 2.35. The number of phenols is 1. The minimum Gasteiger partial charge on any atom is -0.508 e. The van der Waals surface area contributed by atoms with Crippen molar-refractivity contribution >= 4 is 11.6 Å². The van der Waals surface area contributed by atoms with Crippen molar-refractivity contribution in [1.29, 1.82) is 0 Å². The van der Waals surface area contributed by atoms with Gasteiger partial charge in [0.05, 0.1) is 12.6 Å². The van der Waals surface area contributed by atoms with Gasteiger partial charge in [-0.25, -0.2) is 0 Å². The van der Waals surface area contributed by atoms with E-state index < -0.39 is 0 Å². The Morgan fingerprint density at radius 1 is 1.03 bits per heavy atom. The van der Waals surface area contributed by atoms with Crippen LogP contribution in [-0.4, -0.2) is 51.2 Å². The van der Waals surface area contributed by atoms with Crippen molar-refractivity contribution in [2.45, 2.75) is 95.2 Å². The number of rotatable bonds is 11. The third-order valence-corrected chi connectivity index (χ3v) is 8.35. The normalized spacial score (nSPS) is 18.8. The number of nitrogens with zero attached hydrogens (tertiary/aromatic N) is 2. The van der Waals surface area contributed by atoms with Crippen molar-refractivity contribution in [2.75, 3.05) is 18.9 Å². The number of aliphatic hydroxyl groups excluding tert-OH is 1. The standard InChI is InChI=1S/C30H44N4O3/c31-24-11-12-26(28(36)21-24)30(23-15-17-32-18-16-23)33-27(22-7-3-1-4-8-22)13-14-29(37)34(19-20-35)25-9-5-2-6-10-25/h11-12,15-18,21-22,25,27,30,33,35-36H,1-10,13-14,19-20,31H2. The number of anilines is 1. The van der Waals surface area contributed by atoms with Crippen molar-refractivity contribution < 1.29 is 15.0 Å². The van der Waals surface area contributed by atoms with E-state index in [1.807, 2.05) is 29.2 Å². The molecule has 2 aliphatic rings. The highest BCUT2D eigenvalue weighted by Gasteiger charge is 2.30. The van der Waals surface area contributed by atoms with Gasteiger partial charge in [0.1, 0.15) is 5.75 Å². The minimum absolute atomic E-state index is 0.00702. The first-order valence-electron chi connectivity index (χ1n) is 14.2. The molecule has 0 bridgehead atoms. The predicted octanol–water partition coefficient (Wildman–Crippen LogP) is 4.93. The van der Waals surface area contributed by atoms with E-state index in [1.165, 1.54) is 25.7 Å². The lowest BCUT2D eigenvalue weighted by atomic mass is 9.81. The zero-order valence-electron chi connectivity index (χ0n) is 22.0. The van der Waals surface area contributed by atoms with Gasteiger partial charge in [-0.15, -0.1) is 0 Å². The van der Waals surface area contributed by atoms with Gasteiger partial charge in [0, 0.05) is 54.8 Å². The molecule has 7 heteroatoms. The molecule has 202 valence electrons. The molecule has 37 heavy (non-hydrogen) atoms. The number of nitrogens with one attached hydrogen (secondary N) is 1. The fourth-order valence-corrected chi connectivity index (χ4v) is 6.37. The highest BCUT2D eigenvalue weighted by molar-refractivity contribution is 5.76. The molecule has 2 aromatic rings. The van der Waals surface area contributed by atoms with Gasteiger partial charge in [0.15, 0.2) is 0 Å². The molecule has 7 nitrogen and oxygen atoms in total. The quantitative estimate of drug-likeness (QED) is 0.320. The van der Waals surface area contributed by atoms with E-state index in [0.717, 1.165) is 56.1 Å². The molecule has 2 fully saturated rings. The number of aromatic hydroxyl groups is 1. The van der Waals surface area contributed by atoms with Crippen LogP contribution in [0.15, 0.2) is 42.7 Å². The molecule has 2 saturated carbocycles. The van der Waals surface area contributed by atoms with Gasteiger partial charge in [0.25, 0.3) is 0 Å². The zero-order chi connectivity index (χ0) is 26.0. The summed E-state index contributed by atoms with van der Waals surface area (Å²) in [5.74, 6) is 0.793. The number of carbonyl (C=O) groups is 1. The van der Waals surface area contributed by atoms with Crippen molar-refractivity contribution in [2.24, 2.45) is 5.92 Å². The van der Waals surface area contributed by atoms with Crippen LogP contribution >= 0.6 is 0 Å². The number of hydrogen-bond acceptors (Lipinski definition) is 6. The first kappa shape index (κ1) is 27.4. The molecule has 1 aromatic carbocycles. The molecule has 0 spiro atoms. The molecule has 5 N–H and O–H groups in total. The van der Waals surface area contributed by atoms with Crippen LogP contribution in [0.5, 0.6) is 5.75 Å². The molecule has 2 unspecified atom stereocenters. The lowest BCUT2D eigenvalue weighted by Gasteiger charge is -2.37. The predicted molar refractivity (Wildman–Crippen MR) is 147 cm³/mol. The Labute approximate surface area is 221 Å². The molecule has 0 aliphatic heterocycles. The van der Waals surface area contributed by atoms with Crippen LogP contribution in [0.4, 0.5) is 5.69 Å². The van der Waals surface area contributed by atoms with Crippen molar-refractivity contribution in [3.63, 3.8) is 0 Å². The number of carbonyl (C=O) groups excluding carboxylic acids is 1. The van der Waals surface area contributed by atoms with Crippen LogP contribution in [0.3, 0.4) is 0 Å². The number of aromatic nitrogens is 1. The summed E-state index contributed by atoms with van der Waals surface area (Å²) in [6.07, 6.45) is 16.3. The SMILES string of the molecule is Nc1ccc(C(NC(CCC(=O)N(CCO)C2CCCCC2)C2CCCCC2)c2ccncc2)c(O)c1. The number of nitrogens with two attached hydrogens (primary N) is 1. The molecule has 1 aromatic heterocycles. The number of nitrogen functional groups attached to an aromatic ring is 1. The lowest BCUT2D eigenvalue weighted by Crippen LogP contribution is -2.45. The van der Waals surface area contributed by atoms with Crippen molar-refractivity contribution in [3.8, 4) is 5.75 Å². The fourth-order valence-electron chi connectivity index (χ4n) is 6.37. The van der Waals surface area contributed by atoms with E-state index in [2.05, 4.69) is 10.3 Å². The Bertz CT molecular complexity index is 974. The second-order valence-corrected chi connectivity index (χ2v) is 10.8. The van der Waals surface area contributed by atoms with Crippen molar-refractivity contribution in [1.82, 2.24) is 15.2 Å². The fraction of sp³-hybridized carbons (Fsp3) is 0.600. The summed E-state index contributed by atoms with van der Waals surface area (Å²) in [5, 5.41) is 24.4. The van der Waals surface area contributed by atoms with Crippen LogP contribution in [-0.2, 0) is 4.79 Å². The summed E-state index contributed by atoms with van der Waals surface area (Å²) in [4.78, 5) is 19.6. The van der Waals surface area contributed by atoms with Gasteiger partial charge < -0.3 is 26.2 Å². The van der Waals surface area contributed by atoms with E-state index >= 15 is 0 Å². The van der Waals surface area contributed by atoms with Gasteiger partial charge in [-0.1, -0.05) is 44.6 Å². The maximum absolute atomic E-state index is 13.5. The number of amides is 1. The number of phenolic OH excluding ortho intramolecular Hbond substituents is 1. The average molecular weight is 509 g/mol. The molecule has 4 rings (SSSR count). The summed E-state index contributed by atoms with van der Waals surface area (Å²) in [6, 6.07) is 9.40. The molecule has 2 aliphatic carbocycles. The second-order valence-electron chi connectivity index (χ2n) is 10.8. The van der Waals surface area contributed by atoms with Crippen LogP contribution in [0.2, 0.25) is 0 Å². The molecule has 0 radical (unpaired) electrons. The van der Waals surface area contributed by atoms with Crippen molar-refractivity contribution in [3.05, 3.63) is 53.9 Å². The molecule has 1 amide bonds. The summed E-state index contributed by atoms with van der Waals surface area (Å²) in [7, 11) is 0. The summed E-state index contributed by atoms with van der Waals surface area (Å²) in [6.45, 7) is 0.428. The van der Waals surface area contributed by atoms with Crippen LogP contribution < -0.4 is 11.1 Å². The minimum atomic E-state index is -0.238. The van der Waals surface area contributed by atoms with Crippen LogP contribution in [0.1, 0.15) is 94.2 Å². The van der Waals surface area contributed by atoms with Gasteiger partial charge in [-0.2, -0.15) is 0 Å². The summed E-state index contributed by atoms with van der Waals surface area (Å²) < 4.78 is 0. The second kappa shape index (κ2) is 13.8. The van der Waals surface area contributed by atoms with Gasteiger partial charge in [0.2, 0.25) is 5.91 Å². The van der Waals surface area contributed by atoms with E-state index in [-0.39, 0.29) is 36.4 Å². The van der Waals surface area contributed by atoms with E-state index in [1.54, 1.807) is 18.5 Å². The number of benzene rings is 1. The third-order valence-electron chi connectivity index (χ3n) is 8.35. The van der Waals surface area contributed by atoms with E-state index in [0.29, 0.717) is 24.6 Å². The number of aliphatic hydroxyl groups is 1. The maximum Gasteiger partial charge on any atom is 0.222 e. The largest absolute Gasteiger partial charge is 0.508 e. The Balaban J connectivity index is 1.55. The first-order chi connectivity index (χ1) is 18.1. The lowest BCUT2D eigenvalue weighted by molar-refractivity contribution is -0.135. The van der Waals surface area contributed by atoms with Gasteiger partial charge >= 0.3 is 0 Å². The summed E-state index contributed by atoms with van der Waals surface area (Å²) in [5.41, 5.74) is 8.25. The Morgan fingerprint density at radius 3 is 2.35 bits per heavy atom. The molecule has 0 saturated heterocycles. The summed E-state index contributed by atoms with van der Waals surface area (Å²) >= 11 is 0. The zero-order valence-corrected chi connectivity index (χ0v) is 22.0. The smallest absolute Gasteiger partial charge is 0.222 e.